The van der Waals surface area contributed by atoms with Crippen molar-refractivity contribution < 1.29 is 19.1 Å². The second-order valence-electron chi connectivity index (χ2n) is 6.36. The fraction of sp³-hybridized carbons (Fsp3) is 0.190. The van der Waals surface area contributed by atoms with Crippen LogP contribution in [0, 0.1) is 0 Å². The number of halogens is 1. The van der Waals surface area contributed by atoms with Crippen LogP contribution >= 0.6 is 23.8 Å². The third-order valence-corrected chi connectivity index (χ3v) is 5.40. The molecule has 1 saturated heterocycles. The van der Waals surface area contributed by atoms with Gasteiger partial charge < -0.3 is 9.47 Å². The van der Waals surface area contributed by atoms with Crippen LogP contribution in [-0.4, -0.2) is 47.9 Å². The average molecular weight is 431 g/mol. The lowest BCUT2D eigenvalue weighted by Gasteiger charge is -2.31. The highest BCUT2D eigenvalue weighted by molar-refractivity contribution is 7.80. The van der Waals surface area contributed by atoms with Crippen LogP contribution in [0.5, 0.6) is 11.5 Å². The minimum atomic E-state index is -0.448. The van der Waals surface area contributed by atoms with Crippen LogP contribution in [0.1, 0.15) is 11.1 Å². The number of hydrogen-bond acceptors (Lipinski definition) is 5. The fourth-order valence-corrected chi connectivity index (χ4v) is 3.16. The summed E-state index contributed by atoms with van der Waals surface area (Å²) in [4.78, 5) is 27.5. The number of ether oxygens (including phenoxy) is 2. The van der Waals surface area contributed by atoms with E-state index < -0.39 is 11.8 Å². The Bertz CT molecular complexity index is 995. The van der Waals surface area contributed by atoms with Crippen molar-refractivity contribution in [2.45, 2.75) is 6.61 Å². The zero-order chi connectivity index (χ0) is 21.1. The van der Waals surface area contributed by atoms with Crippen molar-refractivity contribution in [1.29, 1.82) is 0 Å². The van der Waals surface area contributed by atoms with Gasteiger partial charge in [0, 0.05) is 24.7 Å². The Morgan fingerprint density at radius 1 is 1.03 bits per heavy atom. The molecule has 0 radical (unpaired) electrons. The molecular weight excluding hydrogens is 412 g/mol. The standard InChI is InChI=1S/C21H19ClN2O4S/c1-23-19(25)15(20(26)24(2)21(23)29)10-13-8-9-17(18(11-13)27-3)28-12-14-6-4-5-7-16(14)22/h4-11H,12H2,1-3H3. The van der Waals surface area contributed by atoms with Gasteiger partial charge in [0.05, 0.1) is 7.11 Å². The topological polar surface area (TPSA) is 59.1 Å². The lowest BCUT2D eigenvalue weighted by molar-refractivity contribution is -0.132. The van der Waals surface area contributed by atoms with Crippen LogP contribution in [0.3, 0.4) is 0 Å². The highest BCUT2D eigenvalue weighted by Crippen LogP contribution is 2.31. The first-order valence-corrected chi connectivity index (χ1v) is 9.48. The van der Waals surface area contributed by atoms with E-state index in [9.17, 15) is 9.59 Å². The number of rotatable bonds is 5. The molecule has 1 heterocycles. The van der Waals surface area contributed by atoms with E-state index in [0.29, 0.717) is 22.1 Å². The summed E-state index contributed by atoms with van der Waals surface area (Å²) >= 11 is 11.3. The Morgan fingerprint density at radius 2 is 1.69 bits per heavy atom. The van der Waals surface area contributed by atoms with Gasteiger partial charge in [0.25, 0.3) is 11.8 Å². The quantitative estimate of drug-likeness (QED) is 0.412. The number of carbonyl (C=O) groups is 2. The summed E-state index contributed by atoms with van der Waals surface area (Å²) in [5, 5.41) is 0.784. The van der Waals surface area contributed by atoms with E-state index in [1.54, 1.807) is 24.3 Å². The second kappa shape index (κ2) is 8.63. The third kappa shape index (κ3) is 4.26. The summed E-state index contributed by atoms with van der Waals surface area (Å²) in [6.45, 7) is 0.278. The Labute approximate surface area is 179 Å². The van der Waals surface area contributed by atoms with Crippen LogP contribution in [0.15, 0.2) is 48.0 Å². The van der Waals surface area contributed by atoms with Gasteiger partial charge in [0.1, 0.15) is 12.2 Å². The second-order valence-corrected chi connectivity index (χ2v) is 7.13. The number of amides is 2. The summed E-state index contributed by atoms with van der Waals surface area (Å²) in [7, 11) is 4.59. The van der Waals surface area contributed by atoms with E-state index in [4.69, 9.17) is 33.3 Å². The fourth-order valence-electron chi connectivity index (χ4n) is 2.81. The summed E-state index contributed by atoms with van der Waals surface area (Å²) in [5.74, 6) is 0.0952. The smallest absolute Gasteiger partial charge is 0.265 e. The van der Waals surface area contributed by atoms with Crippen molar-refractivity contribution in [2.75, 3.05) is 21.2 Å². The van der Waals surface area contributed by atoms with Gasteiger partial charge >= 0.3 is 0 Å². The third-order valence-electron chi connectivity index (χ3n) is 4.48. The molecule has 3 rings (SSSR count). The average Bonchev–Trinajstić information content (AvgIpc) is 2.73. The van der Waals surface area contributed by atoms with Gasteiger partial charge in [-0.25, -0.2) is 0 Å². The van der Waals surface area contributed by atoms with Crippen molar-refractivity contribution in [3.63, 3.8) is 0 Å². The minimum Gasteiger partial charge on any atom is -0.493 e. The molecule has 0 aromatic heterocycles. The molecule has 8 heteroatoms. The predicted octanol–water partition coefficient (Wildman–Crippen LogP) is 3.53. The van der Waals surface area contributed by atoms with E-state index in [1.807, 2.05) is 18.2 Å². The molecule has 0 saturated carbocycles. The van der Waals surface area contributed by atoms with E-state index in [0.717, 1.165) is 5.56 Å². The number of likely N-dealkylation sites (N-methyl/N-ethyl adjacent to an activating group) is 2. The lowest BCUT2D eigenvalue weighted by atomic mass is 10.1. The molecule has 1 fully saturated rings. The van der Waals surface area contributed by atoms with Crippen LogP contribution < -0.4 is 9.47 Å². The molecule has 29 heavy (non-hydrogen) atoms. The molecule has 6 nitrogen and oxygen atoms in total. The Balaban J connectivity index is 1.86. The SMILES string of the molecule is COc1cc(C=C2C(=O)N(C)C(=S)N(C)C2=O)ccc1OCc1ccccc1Cl. The van der Waals surface area contributed by atoms with Crippen LogP contribution in [-0.2, 0) is 16.2 Å². The zero-order valence-corrected chi connectivity index (χ0v) is 17.7. The lowest BCUT2D eigenvalue weighted by Crippen LogP contribution is -2.52. The number of thiocarbonyl (C=S) groups is 1. The number of methoxy groups -OCH3 is 1. The van der Waals surface area contributed by atoms with Gasteiger partial charge in [-0.1, -0.05) is 35.9 Å². The van der Waals surface area contributed by atoms with E-state index in [2.05, 4.69) is 0 Å². The van der Waals surface area contributed by atoms with Crippen molar-refractivity contribution in [2.24, 2.45) is 0 Å². The van der Waals surface area contributed by atoms with Crippen LogP contribution in [0.4, 0.5) is 0 Å². The van der Waals surface area contributed by atoms with Crippen molar-refractivity contribution in [3.05, 3.63) is 64.2 Å². The van der Waals surface area contributed by atoms with Gasteiger partial charge in [-0.2, -0.15) is 0 Å². The van der Waals surface area contributed by atoms with Gasteiger partial charge in [0.15, 0.2) is 16.6 Å². The first-order chi connectivity index (χ1) is 13.8. The first-order valence-electron chi connectivity index (χ1n) is 8.69. The first kappa shape index (κ1) is 20.8. The van der Waals surface area contributed by atoms with Crippen molar-refractivity contribution in [3.8, 4) is 11.5 Å². The van der Waals surface area contributed by atoms with Gasteiger partial charge in [0.2, 0.25) is 0 Å². The molecule has 0 spiro atoms. The maximum Gasteiger partial charge on any atom is 0.265 e. The molecule has 0 bridgehead atoms. The molecule has 0 aliphatic carbocycles. The van der Waals surface area contributed by atoms with Gasteiger partial charge in [-0.05, 0) is 42.1 Å². The Morgan fingerprint density at radius 3 is 2.31 bits per heavy atom. The van der Waals surface area contributed by atoms with Gasteiger partial charge in [-0.3, -0.25) is 19.4 Å². The summed E-state index contributed by atoms with van der Waals surface area (Å²) in [6, 6.07) is 12.6. The van der Waals surface area contributed by atoms with E-state index in [-0.39, 0.29) is 17.3 Å². The number of hydrogen-bond donors (Lipinski definition) is 0. The molecule has 2 amide bonds. The van der Waals surface area contributed by atoms with Crippen molar-refractivity contribution in [1.82, 2.24) is 9.80 Å². The minimum absolute atomic E-state index is 0.0235. The highest BCUT2D eigenvalue weighted by atomic mass is 35.5. The zero-order valence-electron chi connectivity index (χ0n) is 16.1. The highest BCUT2D eigenvalue weighted by Gasteiger charge is 2.35. The normalized spacial score (nSPS) is 14.3. The molecule has 1 aliphatic heterocycles. The molecule has 150 valence electrons. The summed E-state index contributed by atoms with van der Waals surface area (Å²) < 4.78 is 11.2. The molecular formula is C21H19ClN2O4S. The van der Waals surface area contributed by atoms with Crippen LogP contribution in [0.25, 0.3) is 6.08 Å². The Hall–Kier alpha value is -2.90. The summed E-state index contributed by atoms with van der Waals surface area (Å²) in [5.41, 5.74) is 1.50. The maximum absolute atomic E-state index is 12.5. The maximum atomic E-state index is 12.5. The predicted molar refractivity (Wildman–Crippen MR) is 115 cm³/mol. The number of nitrogens with zero attached hydrogens (tertiary/aromatic N) is 2. The van der Waals surface area contributed by atoms with Crippen molar-refractivity contribution >= 4 is 46.8 Å². The molecule has 2 aromatic rings. The van der Waals surface area contributed by atoms with Crippen LogP contribution in [0.2, 0.25) is 5.02 Å². The number of benzene rings is 2. The molecule has 0 atom stereocenters. The molecule has 1 aliphatic rings. The van der Waals surface area contributed by atoms with E-state index >= 15 is 0 Å². The number of carbonyl (C=O) groups excluding carboxylic acids is 2. The largest absolute Gasteiger partial charge is 0.493 e. The van der Waals surface area contributed by atoms with Gasteiger partial charge in [-0.15, -0.1) is 0 Å². The molecule has 0 unspecified atom stereocenters. The summed E-state index contributed by atoms with van der Waals surface area (Å²) in [6.07, 6.45) is 1.51. The molecule has 2 aromatic carbocycles. The van der Waals surface area contributed by atoms with E-state index in [1.165, 1.54) is 37.1 Å². The monoisotopic (exact) mass is 430 g/mol. The molecule has 0 N–H and O–H groups in total. The Kier molecular flexibility index (Phi) is 6.20.